The number of furan rings is 1. The first-order chi connectivity index (χ1) is 28.2. The van der Waals surface area contributed by atoms with Crippen LogP contribution in [0.5, 0.6) is 0 Å². The smallest absolute Gasteiger partial charge is 0.164 e. The maximum atomic E-state index is 6.71. The van der Waals surface area contributed by atoms with Crippen molar-refractivity contribution >= 4 is 55.6 Å². The highest BCUT2D eigenvalue weighted by atomic mass is 32.2. The molecule has 9 aromatic rings. The first-order valence-electron chi connectivity index (χ1n) is 19.6. The van der Waals surface area contributed by atoms with Crippen molar-refractivity contribution in [1.29, 1.82) is 0 Å². The van der Waals surface area contributed by atoms with E-state index in [0.29, 0.717) is 23.4 Å². The van der Waals surface area contributed by atoms with Gasteiger partial charge in [0.15, 0.2) is 17.5 Å². The zero-order valence-electron chi connectivity index (χ0n) is 30.9. The van der Waals surface area contributed by atoms with E-state index in [2.05, 4.69) is 120 Å². The molecule has 6 aromatic carbocycles. The number of hydrogen-bond acceptors (Lipinski definition) is 5. The van der Waals surface area contributed by atoms with E-state index in [1.807, 2.05) is 60.3 Å². The van der Waals surface area contributed by atoms with Crippen molar-refractivity contribution < 1.29 is 4.42 Å². The van der Waals surface area contributed by atoms with E-state index in [4.69, 9.17) is 19.4 Å². The van der Waals surface area contributed by atoms with Gasteiger partial charge in [-0.15, -0.1) is 0 Å². The lowest BCUT2D eigenvalue weighted by Gasteiger charge is -2.16. The first-order valence-corrected chi connectivity index (χ1v) is 20.4. The molecule has 0 N–H and O–H groups in total. The summed E-state index contributed by atoms with van der Waals surface area (Å²) in [5.41, 5.74) is 10.5. The average Bonchev–Trinajstić information content (AvgIpc) is 3.96. The Balaban J connectivity index is 1.01. The number of fused-ring (bicyclic) bond motifs is 8. The monoisotopic (exact) mass is 750 g/mol. The van der Waals surface area contributed by atoms with Gasteiger partial charge in [-0.2, -0.15) is 0 Å². The number of thioether (sulfide) groups is 1. The van der Waals surface area contributed by atoms with Crippen LogP contribution in [0.1, 0.15) is 19.3 Å². The highest BCUT2D eigenvalue weighted by Gasteiger charge is 2.33. The third-order valence-electron chi connectivity index (χ3n) is 11.7. The Labute approximate surface area is 333 Å². The van der Waals surface area contributed by atoms with Crippen molar-refractivity contribution in [2.24, 2.45) is 5.92 Å². The normalized spacial score (nSPS) is 15.9. The lowest BCUT2D eigenvalue weighted by atomic mass is 9.88. The van der Waals surface area contributed by atoms with Gasteiger partial charge in [0.05, 0.1) is 10.9 Å². The van der Waals surface area contributed by atoms with Crippen LogP contribution >= 0.6 is 11.8 Å². The minimum Gasteiger partial charge on any atom is -0.456 e. The first kappa shape index (κ1) is 32.5. The van der Waals surface area contributed by atoms with Gasteiger partial charge >= 0.3 is 0 Å². The molecular weight excluding hydrogens is 717 g/mol. The number of nitrogens with zero attached hydrogens (tertiary/aromatic N) is 4. The summed E-state index contributed by atoms with van der Waals surface area (Å²) in [7, 11) is 0. The molecule has 0 saturated carbocycles. The van der Waals surface area contributed by atoms with E-state index in [-0.39, 0.29) is 0 Å². The lowest BCUT2D eigenvalue weighted by Crippen LogP contribution is -2.34. The van der Waals surface area contributed by atoms with Gasteiger partial charge < -0.3 is 8.98 Å². The van der Waals surface area contributed by atoms with Crippen LogP contribution < -0.4 is 10.6 Å². The number of rotatable bonds is 5. The second-order valence-electron chi connectivity index (χ2n) is 15.0. The fraction of sp³-hybridized carbons (Fsp3) is 0.0784. The fourth-order valence-corrected chi connectivity index (χ4v) is 10.5. The molecule has 0 saturated heterocycles. The van der Waals surface area contributed by atoms with Crippen LogP contribution in [0.2, 0.25) is 0 Å². The van der Waals surface area contributed by atoms with Crippen LogP contribution in [0.4, 0.5) is 0 Å². The summed E-state index contributed by atoms with van der Waals surface area (Å²) >= 11 is 2.03. The van der Waals surface area contributed by atoms with Crippen molar-refractivity contribution in [1.82, 2.24) is 19.5 Å². The molecule has 0 radical (unpaired) electrons. The highest BCUT2D eigenvalue weighted by Crippen LogP contribution is 2.52. The van der Waals surface area contributed by atoms with Crippen molar-refractivity contribution in [2.75, 3.05) is 0 Å². The van der Waals surface area contributed by atoms with Crippen molar-refractivity contribution in [3.05, 3.63) is 179 Å². The molecule has 1 aliphatic heterocycles. The molecule has 2 aliphatic carbocycles. The standard InChI is InChI=1S/C51H34N4OS/c1-3-12-31(13-4-1)32-22-24-34(25-23-32)50-52-49(33-14-5-2-6-15-33)53-51(54-50)40-18-11-20-43-46(40)39-27-26-35(30-44(39)56-43)55-41-19-9-7-17-38(41)47-42(55)29-28-37-36-16-8-10-21-45(36)57-48(37)47/h1-9,11-20,22-27,29-30,37H,10,21,28H2. The molecule has 5 nitrogen and oxygen atoms in total. The molecule has 0 bridgehead atoms. The minimum atomic E-state index is 0.455. The van der Waals surface area contributed by atoms with Crippen LogP contribution in [0, 0.1) is 5.92 Å². The summed E-state index contributed by atoms with van der Waals surface area (Å²) in [5.74, 6) is 2.31. The second-order valence-corrected chi connectivity index (χ2v) is 16.1. The van der Waals surface area contributed by atoms with Crippen LogP contribution in [-0.2, 0) is 0 Å². The third-order valence-corrected chi connectivity index (χ3v) is 13.1. The summed E-state index contributed by atoms with van der Waals surface area (Å²) in [6.07, 6.45) is 10.5. The molecule has 0 amide bonds. The highest BCUT2D eigenvalue weighted by molar-refractivity contribution is 8.11. The summed E-state index contributed by atoms with van der Waals surface area (Å²) < 4.78 is 9.14. The number of hydrogen-bond donors (Lipinski definition) is 0. The Morgan fingerprint density at radius 2 is 1.32 bits per heavy atom. The number of benzene rings is 6. The van der Waals surface area contributed by atoms with Crippen LogP contribution in [-0.4, -0.2) is 19.5 Å². The Bertz CT molecular complexity index is 3290. The largest absolute Gasteiger partial charge is 0.456 e. The topological polar surface area (TPSA) is 56.7 Å². The minimum absolute atomic E-state index is 0.455. The SMILES string of the molecule is C1=CC2=C(CC1)SC1=c3c(n(-c4ccc5c(c4)oc4cccc(-c6nc(-c7ccccc7)nc(-c7ccc(-c8ccccc8)cc7)n6)c45)c4ccccc34)=CCC21. The zero-order valence-corrected chi connectivity index (χ0v) is 31.7. The van der Waals surface area contributed by atoms with E-state index in [1.165, 1.54) is 37.5 Å². The van der Waals surface area contributed by atoms with Gasteiger partial charge in [-0.05, 0) is 65.1 Å². The van der Waals surface area contributed by atoms with Crippen molar-refractivity contribution in [3.8, 4) is 51.0 Å². The van der Waals surface area contributed by atoms with Crippen LogP contribution in [0.3, 0.4) is 0 Å². The Morgan fingerprint density at radius 1 is 0.614 bits per heavy atom. The molecule has 3 aliphatic rings. The molecular formula is C51H34N4OS. The molecule has 1 atom stereocenters. The van der Waals surface area contributed by atoms with Gasteiger partial charge in [0.2, 0.25) is 0 Å². The van der Waals surface area contributed by atoms with E-state index in [9.17, 15) is 0 Å². The quantitative estimate of drug-likeness (QED) is 0.175. The maximum Gasteiger partial charge on any atom is 0.164 e. The van der Waals surface area contributed by atoms with Crippen LogP contribution in [0.25, 0.3) is 94.8 Å². The predicted molar refractivity (Wildman–Crippen MR) is 234 cm³/mol. The Hall–Kier alpha value is -6.76. The van der Waals surface area contributed by atoms with Gasteiger partial charge in [0.1, 0.15) is 11.2 Å². The van der Waals surface area contributed by atoms with Crippen molar-refractivity contribution in [3.63, 3.8) is 0 Å². The fourth-order valence-electron chi connectivity index (χ4n) is 9.03. The molecule has 270 valence electrons. The average molecular weight is 751 g/mol. The van der Waals surface area contributed by atoms with Gasteiger partial charge in [-0.3, -0.25) is 0 Å². The summed E-state index contributed by atoms with van der Waals surface area (Å²) in [6, 6.07) is 50.7. The Morgan fingerprint density at radius 3 is 2.14 bits per heavy atom. The summed E-state index contributed by atoms with van der Waals surface area (Å²) in [5, 5.41) is 5.99. The third kappa shape index (κ3) is 5.21. The lowest BCUT2D eigenvalue weighted by molar-refractivity contribution is 0.668. The summed E-state index contributed by atoms with van der Waals surface area (Å²) in [4.78, 5) is 18.3. The molecule has 3 aromatic heterocycles. The molecule has 4 heterocycles. The van der Waals surface area contributed by atoms with Gasteiger partial charge in [0, 0.05) is 60.6 Å². The predicted octanol–water partition coefficient (Wildman–Crippen LogP) is 11.6. The van der Waals surface area contributed by atoms with E-state index < -0.39 is 0 Å². The van der Waals surface area contributed by atoms with Gasteiger partial charge in [-0.25, -0.2) is 15.0 Å². The molecule has 0 fully saturated rings. The second kappa shape index (κ2) is 12.9. The maximum absolute atomic E-state index is 6.71. The summed E-state index contributed by atoms with van der Waals surface area (Å²) in [6.45, 7) is 0. The number of allylic oxidation sites excluding steroid dienone is 4. The number of para-hydroxylation sites is 1. The molecule has 6 heteroatoms. The van der Waals surface area contributed by atoms with Gasteiger partial charge in [-0.1, -0.05) is 145 Å². The van der Waals surface area contributed by atoms with Gasteiger partial charge in [0.25, 0.3) is 0 Å². The van der Waals surface area contributed by atoms with Crippen molar-refractivity contribution in [2.45, 2.75) is 19.3 Å². The van der Waals surface area contributed by atoms with E-state index >= 15 is 0 Å². The zero-order chi connectivity index (χ0) is 37.5. The molecule has 1 unspecified atom stereocenters. The van der Waals surface area contributed by atoms with E-state index in [1.54, 1.807) is 4.91 Å². The van der Waals surface area contributed by atoms with E-state index in [0.717, 1.165) is 69.1 Å². The molecule has 57 heavy (non-hydrogen) atoms. The Kier molecular flexibility index (Phi) is 7.35. The molecule has 12 rings (SSSR count). The van der Waals surface area contributed by atoms with Crippen LogP contribution in [0.15, 0.2) is 173 Å². The molecule has 0 spiro atoms. The number of aromatic nitrogens is 4.